The van der Waals surface area contributed by atoms with Crippen LogP contribution >= 0.6 is 27.5 Å². The van der Waals surface area contributed by atoms with Gasteiger partial charge in [-0.2, -0.15) is 0 Å². The van der Waals surface area contributed by atoms with E-state index in [2.05, 4.69) is 36.2 Å². The lowest BCUT2D eigenvalue weighted by atomic mass is 10.3. The summed E-state index contributed by atoms with van der Waals surface area (Å²) in [6, 6.07) is 11.4. The first-order valence-electron chi connectivity index (χ1n) is 6.30. The van der Waals surface area contributed by atoms with Gasteiger partial charge in [0.05, 0.1) is 5.69 Å². The number of anilines is 2. The van der Waals surface area contributed by atoms with Crippen LogP contribution in [0.2, 0.25) is 5.15 Å². The maximum Gasteiger partial charge on any atom is 0.181 e. The molecule has 0 spiro atoms. The van der Waals surface area contributed by atoms with Crippen LogP contribution in [0, 0.1) is 5.82 Å². The van der Waals surface area contributed by atoms with Crippen molar-refractivity contribution in [3.8, 4) is 11.5 Å². The molecule has 0 unspecified atom stereocenters. The van der Waals surface area contributed by atoms with E-state index in [1.165, 1.54) is 12.1 Å². The first kappa shape index (κ1) is 14.9. The second kappa shape index (κ2) is 6.37. The predicted octanol–water partition coefficient (Wildman–Crippen LogP) is 4.84. The lowest BCUT2D eigenvalue weighted by Crippen LogP contribution is -1.99. The third kappa shape index (κ3) is 3.40. The van der Waals surface area contributed by atoms with Crippen LogP contribution in [0.25, 0.3) is 11.5 Å². The van der Waals surface area contributed by atoms with Gasteiger partial charge in [-0.25, -0.2) is 14.4 Å². The number of hydrogen-bond acceptors (Lipinski definition) is 4. The van der Waals surface area contributed by atoms with Crippen LogP contribution in [-0.4, -0.2) is 15.0 Å². The maximum absolute atomic E-state index is 13.1. The second-order valence-corrected chi connectivity index (χ2v) is 5.61. The van der Waals surface area contributed by atoms with Crippen LogP contribution in [0.3, 0.4) is 0 Å². The maximum atomic E-state index is 13.1. The fourth-order valence-corrected chi connectivity index (χ4v) is 2.45. The van der Waals surface area contributed by atoms with E-state index in [0.717, 1.165) is 0 Å². The normalized spacial score (nSPS) is 10.5. The third-order valence-electron chi connectivity index (χ3n) is 2.78. The molecular formula is C15H9BrClFN4. The van der Waals surface area contributed by atoms with Crippen molar-refractivity contribution in [2.24, 2.45) is 0 Å². The van der Waals surface area contributed by atoms with E-state index < -0.39 is 0 Å². The molecule has 0 bridgehead atoms. The van der Waals surface area contributed by atoms with Crippen LogP contribution in [-0.2, 0) is 0 Å². The molecule has 110 valence electrons. The molecule has 22 heavy (non-hydrogen) atoms. The summed E-state index contributed by atoms with van der Waals surface area (Å²) >= 11 is 9.34. The Labute approximate surface area is 139 Å². The van der Waals surface area contributed by atoms with Crippen LogP contribution in [0.5, 0.6) is 0 Å². The number of hydrogen-bond donors (Lipinski definition) is 1. The highest BCUT2D eigenvalue weighted by atomic mass is 79.9. The van der Waals surface area contributed by atoms with Gasteiger partial charge in [0.2, 0.25) is 0 Å². The Morgan fingerprint density at radius 1 is 1.09 bits per heavy atom. The van der Waals surface area contributed by atoms with E-state index in [1.54, 1.807) is 24.4 Å². The smallest absolute Gasteiger partial charge is 0.181 e. The number of rotatable bonds is 3. The van der Waals surface area contributed by atoms with Gasteiger partial charge in [0, 0.05) is 16.7 Å². The Balaban J connectivity index is 1.96. The molecule has 1 N–H and O–H groups in total. The molecule has 0 radical (unpaired) electrons. The molecule has 0 fully saturated rings. The molecular weight excluding hydrogens is 371 g/mol. The Bertz CT molecular complexity index is 814. The van der Waals surface area contributed by atoms with Gasteiger partial charge in [-0.3, -0.25) is 4.98 Å². The van der Waals surface area contributed by atoms with Crippen LogP contribution in [0.4, 0.5) is 15.9 Å². The number of aromatic nitrogens is 3. The van der Waals surface area contributed by atoms with Crippen molar-refractivity contribution in [1.82, 2.24) is 15.0 Å². The molecule has 0 aliphatic heterocycles. The Morgan fingerprint density at radius 3 is 2.68 bits per heavy atom. The molecule has 0 saturated carbocycles. The molecule has 0 atom stereocenters. The number of nitrogens with zero attached hydrogens (tertiary/aromatic N) is 3. The summed E-state index contributed by atoms with van der Waals surface area (Å²) < 4.78 is 13.7. The SMILES string of the molecule is Fc1ccc(Nc2cc(Cl)nc(-c3ccccn3)n2)c(Br)c1. The summed E-state index contributed by atoms with van der Waals surface area (Å²) in [6.07, 6.45) is 1.66. The minimum absolute atomic E-state index is 0.288. The monoisotopic (exact) mass is 378 g/mol. The molecule has 0 amide bonds. The molecule has 0 aliphatic carbocycles. The van der Waals surface area contributed by atoms with Crippen molar-refractivity contribution in [3.63, 3.8) is 0 Å². The standard InChI is InChI=1S/C15H9BrClFN4/c16-10-7-9(18)4-5-11(10)20-14-8-13(17)21-15(22-14)12-3-1-2-6-19-12/h1-8H,(H,20,21,22). The average molecular weight is 380 g/mol. The van der Waals surface area contributed by atoms with Crippen molar-refractivity contribution in [2.45, 2.75) is 0 Å². The highest BCUT2D eigenvalue weighted by molar-refractivity contribution is 9.10. The van der Waals surface area contributed by atoms with E-state index in [1.807, 2.05) is 12.1 Å². The van der Waals surface area contributed by atoms with Crippen LogP contribution in [0.15, 0.2) is 53.1 Å². The van der Waals surface area contributed by atoms with E-state index >= 15 is 0 Å². The lowest BCUT2D eigenvalue weighted by molar-refractivity contribution is 0.627. The summed E-state index contributed by atoms with van der Waals surface area (Å²) in [5.74, 6) is 0.578. The Hall–Kier alpha value is -2.05. The first-order chi connectivity index (χ1) is 10.6. The molecule has 2 aromatic heterocycles. The van der Waals surface area contributed by atoms with Gasteiger partial charge < -0.3 is 5.32 Å². The lowest BCUT2D eigenvalue weighted by Gasteiger charge is -2.09. The van der Waals surface area contributed by atoms with Gasteiger partial charge in [-0.15, -0.1) is 0 Å². The van der Waals surface area contributed by atoms with Gasteiger partial charge in [0.15, 0.2) is 5.82 Å². The van der Waals surface area contributed by atoms with E-state index in [4.69, 9.17) is 11.6 Å². The number of halogens is 3. The number of nitrogens with one attached hydrogen (secondary N) is 1. The number of pyridine rings is 1. The highest BCUT2D eigenvalue weighted by Crippen LogP contribution is 2.27. The quantitative estimate of drug-likeness (QED) is 0.662. The second-order valence-electron chi connectivity index (χ2n) is 4.36. The van der Waals surface area contributed by atoms with Crippen LogP contribution < -0.4 is 5.32 Å². The fourth-order valence-electron chi connectivity index (χ4n) is 1.82. The van der Waals surface area contributed by atoms with Gasteiger partial charge >= 0.3 is 0 Å². The van der Waals surface area contributed by atoms with E-state index in [-0.39, 0.29) is 11.0 Å². The third-order valence-corrected chi connectivity index (χ3v) is 3.63. The summed E-state index contributed by atoms with van der Waals surface area (Å²) in [7, 11) is 0. The zero-order chi connectivity index (χ0) is 15.5. The summed E-state index contributed by atoms with van der Waals surface area (Å²) in [4.78, 5) is 12.7. The molecule has 0 aliphatic rings. The van der Waals surface area contributed by atoms with Crippen molar-refractivity contribution in [2.75, 3.05) is 5.32 Å². The highest BCUT2D eigenvalue weighted by Gasteiger charge is 2.08. The van der Waals surface area contributed by atoms with Crippen molar-refractivity contribution in [3.05, 3.63) is 64.1 Å². The van der Waals surface area contributed by atoms with Crippen molar-refractivity contribution < 1.29 is 4.39 Å². The van der Waals surface area contributed by atoms with Gasteiger partial charge in [0.1, 0.15) is 22.5 Å². The zero-order valence-electron chi connectivity index (χ0n) is 11.1. The molecule has 3 rings (SSSR count). The zero-order valence-corrected chi connectivity index (χ0v) is 13.4. The minimum Gasteiger partial charge on any atom is -0.339 e. The van der Waals surface area contributed by atoms with Crippen molar-refractivity contribution >= 4 is 39.0 Å². The molecule has 0 saturated heterocycles. The molecule has 4 nitrogen and oxygen atoms in total. The van der Waals surface area contributed by atoms with Gasteiger partial charge in [-0.1, -0.05) is 17.7 Å². The Morgan fingerprint density at radius 2 is 1.95 bits per heavy atom. The van der Waals surface area contributed by atoms with Gasteiger partial charge in [-0.05, 0) is 46.3 Å². The summed E-state index contributed by atoms with van der Waals surface area (Å²) in [6.45, 7) is 0. The topological polar surface area (TPSA) is 50.7 Å². The largest absolute Gasteiger partial charge is 0.339 e. The van der Waals surface area contributed by atoms with Gasteiger partial charge in [0.25, 0.3) is 0 Å². The molecule has 7 heteroatoms. The fraction of sp³-hybridized carbons (Fsp3) is 0. The molecule has 1 aromatic carbocycles. The molecule has 3 aromatic rings. The first-order valence-corrected chi connectivity index (χ1v) is 7.47. The predicted molar refractivity (Wildman–Crippen MR) is 87.7 cm³/mol. The summed E-state index contributed by atoms with van der Waals surface area (Å²) in [5.41, 5.74) is 1.29. The van der Waals surface area contributed by atoms with E-state index in [0.29, 0.717) is 27.5 Å². The minimum atomic E-state index is -0.327. The average Bonchev–Trinajstić information content (AvgIpc) is 2.50. The Kier molecular flexibility index (Phi) is 4.31. The van der Waals surface area contributed by atoms with E-state index in [9.17, 15) is 4.39 Å². The molecule has 2 heterocycles. The van der Waals surface area contributed by atoms with Crippen LogP contribution in [0.1, 0.15) is 0 Å². The van der Waals surface area contributed by atoms with Crippen molar-refractivity contribution in [1.29, 1.82) is 0 Å². The summed E-state index contributed by atoms with van der Waals surface area (Å²) in [5, 5.41) is 3.36. The number of benzene rings is 1.